The zero-order valence-corrected chi connectivity index (χ0v) is 12.8. The molecule has 1 unspecified atom stereocenters. The first-order chi connectivity index (χ1) is 10.0. The van der Waals surface area contributed by atoms with Gasteiger partial charge in [-0.25, -0.2) is 8.78 Å². The van der Waals surface area contributed by atoms with Gasteiger partial charge in [0.25, 0.3) is 0 Å². The van der Waals surface area contributed by atoms with Crippen LogP contribution in [0.2, 0.25) is 5.02 Å². The van der Waals surface area contributed by atoms with Gasteiger partial charge in [-0.1, -0.05) is 42.8 Å². The Bertz CT molecular complexity index is 611. The van der Waals surface area contributed by atoms with E-state index in [0.29, 0.717) is 11.6 Å². The highest BCUT2D eigenvalue weighted by Crippen LogP contribution is 2.30. The van der Waals surface area contributed by atoms with Crippen molar-refractivity contribution in [2.75, 3.05) is 6.54 Å². The van der Waals surface area contributed by atoms with E-state index in [1.54, 1.807) is 0 Å². The summed E-state index contributed by atoms with van der Waals surface area (Å²) in [4.78, 5) is 0. The second-order valence-electron chi connectivity index (χ2n) is 5.11. The van der Waals surface area contributed by atoms with Gasteiger partial charge in [0.05, 0.1) is 5.02 Å². The summed E-state index contributed by atoms with van der Waals surface area (Å²) in [6.07, 6.45) is 0.916. The van der Waals surface area contributed by atoms with Gasteiger partial charge in [-0.15, -0.1) is 0 Å². The molecule has 1 N–H and O–H groups in total. The van der Waals surface area contributed by atoms with Crippen LogP contribution in [-0.2, 0) is 6.42 Å². The first-order valence-electron chi connectivity index (χ1n) is 6.98. The molecular formula is C17H18ClF2N. The van der Waals surface area contributed by atoms with Crippen LogP contribution < -0.4 is 5.32 Å². The summed E-state index contributed by atoms with van der Waals surface area (Å²) in [6.45, 7) is 5.14. The number of rotatable bonds is 5. The highest BCUT2D eigenvalue weighted by molar-refractivity contribution is 6.33. The van der Waals surface area contributed by atoms with E-state index in [4.69, 9.17) is 11.6 Å². The maximum Gasteiger partial charge on any atom is 0.160 e. The monoisotopic (exact) mass is 309 g/mol. The quantitative estimate of drug-likeness (QED) is 0.780. The van der Waals surface area contributed by atoms with Crippen LogP contribution in [0.4, 0.5) is 8.78 Å². The van der Waals surface area contributed by atoms with Crippen LogP contribution in [0.5, 0.6) is 0 Å². The smallest absolute Gasteiger partial charge is 0.160 e. The maximum absolute atomic E-state index is 13.3. The fourth-order valence-electron chi connectivity index (χ4n) is 2.34. The summed E-state index contributed by atoms with van der Waals surface area (Å²) in [5.74, 6) is -1.82. The van der Waals surface area contributed by atoms with E-state index >= 15 is 0 Å². The van der Waals surface area contributed by atoms with E-state index < -0.39 is 11.6 Å². The first kappa shape index (κ1) is 15.9. The molecule has 21 heavy (non-hydrogen) atoms. The minimum atomic E-state index is -0.931. The second kappa shape index (κ2) is 7.01. The van der Waals surface area contributed by atoms with Gasteiger partial charge in [0, 0.05) is 11.6 Å². The van der Waals surface area contributed by atoms with Crippen LogP contribution in [0.25, 0.3) is 11.1 Å². The Hall–Kier alpha value is -1.45. The van der Waals surface area contributed by atoms with Crippen LogP contribution in [0.1, 0.15) is 19.4 Å². The van der Waals surface area contributed by atoms with Crippen molar-refractivity contribution in [3.63, 3.8) is 0 Å². The number of likely N-dealkylation sites (N-methyl/N-ethyl adjacent to an activating group) is 1. The van der Waals surface area contributed by atoms with Crippen LogP contribution in [-0.4, -0.2) is 12.6 Å². The predicted molar refractivity (Wildman–Crippen MR) is 83.6 cm³/mol. The van der Waals surface area contributed by atoms with Gasteiger partial charge < -0.3 is 5.32 Å². The van der Waals surface area contributed by atoms with Crippen LogP contribution >= 0.6 is 11.6 Å². The molecule has 0 aromatic heterocycles. The van der Waals surface area contributed by atoms with Crippen molar-refractivity contribution in [2.45, 2.75) is 26.3 Å². The van der Waals surface area contributed by atoms with Crippen molar-refractivity contribution in [1.29, 1.82) is 0 Å². The lowest BCUT2D eigenvalue weighted by Crippen LogP contribution is -2.27. The van der Waals surface area contributed by atoms with Crippen molar-refractivity contribution in [2.24, 2.45) is 0 Å². The molecule has 0 fully saturated rings. The normalized spacial score (nSPS) is 12.4. The van der Waals surface area contributed by atoms with E-state index in [1.165, 1.54) is 5.56 Å². The average Bonchev–Trinajstić information content (AvgIpc) is 2.44. The lowest BCUT2D eigenvalue weighted by atomic mass is 10.0. The molecule has 0 bridgehead atoms. The van der Waals surface area contributed by atoms with E-state index in [2.05, 4.69) is 19.2 Å². The largest absolute Gasteiger partial charge is 0.314 e. The van der Waals surface area contributed by atoms with Gasteiger partial charge in [0.15, 0.2) is 11.6 Å². The lowest BCUT2D eigenvalue weighted by Gasteiger charge is -2.13. The second-order valence-corrected chi connectivity index (χ2v) is 5.51. The number of halogens is 3. The molecule has 0 spiro atoms. The molecule has 2 aromatic rings. The Morgan fingerprint density at radius 1 is 1.10 bits per heavy atom. The molecule has 2 aromatic carbocycles. The van der Waals surface area contributed by atoms with Gasteiger partial charge >= 0.3 is 0 Å². The highest BCUT2D eigenvalue weighted by atomic mass is 35.5. The lowest BCUT2D eigenvalue weighted by molar-refractivity contribution is 0.509. The summed E-state index contributed by atoms with van der Waals surface area (Å²) in [6, 6.07) is 10.3. The van der Waals surface area contributed by atoms with Crippen LogP contribution in [0.15, 0.2) is 36.4 Å². The molecule has 0 aliphatic heterocycles. The fourth-order valence-corrected chi connectivity index (χ4v) is 2.60. The third-order valence-electron chi connectivity index (χ3n) is 3.37. The first-order valence-corrected chi connectivity index (χ1v) is 7.36. The molecule has 2 rings (SSSR count). The Morgan fingerprint density at radius 2 is 1.71 bits per heavy atom. The van der Waals surface area contributed by atoms with E-state index in [1.807, 2.05) is 24.3 Å². The number of benzene rings is 2. The van der Waals surface area contributed by atoms with Crippen molar-refractivity contribution in [1.82, 2.24) is 5.32 Å². The topological polar surface area (TPSA) is 12.0 Å². The molecule has 1 nitrogen and oxygen atoms in total. The minimum Gasteiger partial charge on any atom is -0.314 e. The molecule has 112 valence electrons. The molecular weight excluding hydrogens is 292 g/mol. The predicted octanol–water partition coefficient (Wildman–Crippen LogP) is 4.83. The van der Waals surface area contributed by atoms with Crippen molar-refractivity contribution >= 4 is 11.6 Å². The molecule has 0 amide bonds. The van der Waals surface area contributed by atoms with Crippen molar-refractivity contribution in [3.8, 4) is 11.1 Å². The zero-order valence-electron chi connectivity index (χ0n) is 12.1. The van der Waals surface area contributed by atoms with E-state index in [9.17, 15) is 8.78 Å². The third-order valence-corrected chi connectivity index (χ3v) is 3.68. The summed E-state index contributed by atoms with van der Waals surface area (Å²) in [7, 11) is 0. The Labute approximate surface area is 128 Å². The standard InChI is InChI=1S/C17H18ClF2N/c1-3-21-11(2)8-12-4-6-13(7-5-12)14-9-16(19)17(20)10-15(14)18/h4-7,9-11,21H,3,8H2,1-2H3. The Morgan fingerprint density at radius 3 is 2.33 bits per heavy atom. The minimum absolute atomic E-state index is 0.211. The Balaban J connectivity index is 2.21. The molecule has 0 radical (unpaired) electrons. The van der Waals surface area contributed by atoms with Crippen LogP contribution in [0.3, 0.4) is 0 Å². The fraction of sp³-hybridized carbons (Fsp3) is 0.294. The van der Waals surface area contributed by atoms with Crippen LogP contribution in [0, 0.1) is 11.6 Å². The molecule has 4 heteroatoms. The SMILES string of the molecule is CCNC(C)Cc1ccc(-c2cc(F)c(F)cc2Cl)cc1. The van der Waals surface area contributed by atoms with Gasteiger partial charge in [-0.3, -0.25) is 0 Å². The molecule has 0 aliphatic rings. The number of hydrogen-bond acceptors (Lipinski definition) is 1. The Kier molecular flexibility index (Phi) is 5.32. The highest BCUT2D eigenvalue weighted by Gasteiger charge is 2.10. The molecule has 0 saturated carbocycles. The molecule has 1 atom stereocenters. The molecule has 0 aliphatic carbocycles. The summed E-state index contributed by atoms with van der Waals surface area (Å²) < 4.78 is 26.4. The number of nitrogens with one attached hydrogen (secondary N) is 1. The summed E-state index contributed by atoms with van der Waals surface area (Å²) >= 11 is 5.98. The van der Waals surface area contributed by atoms with Gasteiger partial charge in [-0.05, 0) is 43.1 Å². The van der Waals surface area contributed by atoms with Gasteiger partial charge in [-0.2, -0.15) is 0 Å². The van der Waals surface area contributed by atoms with E-state index in [0.717, 1.165) is 30.7 Å². The maximum atomic E-state index is 13.3. The molecule has 0 saturated heterocycles. The van der Waals surface area contributed by atoms with Gasteiger partial charge in [0.1, 0.15) is 0 Å². The third kappa shape index (κ3) is 4.02. The average molecular weight is 310 g/mol. The van der Waals surface area contributed by atoms with Crippen molar-refractivity contribution in [3.05, 3.63) is 58.6 Å². The number of hydrogen-bond donors (Lipinski definition) is 1. The van der Waals surface area contributed by atoms with Crippen molar-refractivity contribution < 1.29 is 8.78 Å². The zero-order chi connectivity index (χ0) is 15.4. The molecule has 0 heterocycles. The summed E-state index contributed by atoms with van der Waals surface area (Å²) in [5, 5.41) is 3.56. The van der Waals surface area contributed by atoms with Gasteiger partial charge in [0.2, 0.25) is 0 Å². The summed E-state index contributed by atoms with van der Waals surface area (Å²) in [5.41, 5.74) is 2.46. The van der Waals surface area contributed by atoms with E-state index in [-0.39, 0.29) is 5.02 Å².